The highest BCUT2D eigenvalue weighted by atomic mass is 31.1. The molecule has 0 saturated heterocycles. The van der Waals surface area contributed by atoms with Crippen LogP contribution in [0.1, 0.15) is 150 Å². The fourth-order valence-electron chi connectivity index (χ4n) is 9.80. The van der Waals surface area contributed by atoms with Gasteiger partial charge in [0.05, 0.1) is 14.2 Å². The summed E-state index contributed by atoms with van der Waals surface area (Å²) in [6.07, 6.45) is 0. The van der Waals surface area contributed by atoms with Gasteiger partial charge < -0.3 is 35.3 Å². The van der Waals surface area contributed by atoms with Crippen molar-refractivity contribution in [2.24, 2.45) is 0 Å². The summed E-state index contributed by atoms with van der Waals surface area (Å²) in [6, 6.07) is 20.6. The number of ether oxygens (including phenoxy) is 2. The van der Waals surface area contributed by atoms with Crippen molar-refractivity contribution in [3.63, 3.8) is 0 Å². The molecule has 8 aromatic rings. The van der Waals surface area contributed by atoms with E-state index in [4.69, 9.17) is 35.3 Å². The number of methoxy groups -OCH3 is 2. The minimum Gasteiger partial charge on any atom is -0.497 e. The Morgan fingerprint density at radius 1 is 0.347 bits per heavy atom. The van der Waals surface area contributed by atoms with Gasteiger partial charge in [-0.1, -0.05) is 107 Å². The van der Waals surface area contributed by atoms with Crippen molar-refractivity contribution in [1.29, 1.82) is 0 Å². The summed E-state index contributed by atoms with van der Waals surface area (Å²) in [4.78, 5) is 0. The summed E-state index contributed by atoms with van der Waals surface area (Å²) in [5, 5.41) is 4.18. The van der Waals surface area contributed by atoms with Crippen molar-refractivity contribution in [3.05, 3.63) is 127 Å². The second-order valence-corrected chi connectivity index (χ2v) is 26.0. The molecular formula is C62H76O8P2. The van der Waals surface area contributed by atoms with Gasteiger partial charge in [0.2, 0.25) is 0 Å². The van der Waals surface area contributed by atoms with Crippen LogP contribution in [0.4, 0.5) is 0 Å². The van der Waals surface area contributed by atoms with Crippen molar-refractivity contribution in [1.82, 2.24) is 0 Å². The molecule has 10 heteroatoms. The van der Waals surface area contributed by atoms with Crippen LogP contribution in [-0.4, -0.2) is 14.2 Å². The van der Waals surface area contributed by atoms with E-state index in [0.717, 1.165) is 88.4 Å². The average Bonchev–Trinajstić information content (AvgIpc) is 3.56. The lowest BCUT2D eigenvalue weighted by Crippen LogP contribution is -2.13. The maximum atomic E-state index is 7.23. The molecule has 0 unspecified atom stereocenters. The van der Waals surface area contributed by atoms with E-state index in [9.17, 15) is 0 Å². The molecule has 0 saturated carbocycles. The molecule has 2 aromatic heterocycles. The quantitative estimate of drug-likeness (QED) is 0.156. The first kappa shape index (κ1) is 52.6. The van der Waals surface area contributed by atoms with E-state index in [1.165, 1.54) is 22.3 Å². The van der Waals surface area contributed by atoms with Crippen LogP contribution >= 0.6 is 16.5 Å². The van der Waals surface area contributed by atoms with Crippen molar-refractivity contribution in [2.45, 2.75) is 160 Å². The van der Waals surface area contributed by atoms with E-state index in [0.29, 0.717) is 34.1 Å². The number of aryl methyl sites for hydroxylation is 8. The molecule has 0 fully saturated rings. The van der Waals surface area contributed by atoms with Gasteiger partial charge in [-0.3, -0.25) is 0 Å². The minimum atomic E-state index is -2.14. The van der Waals surface area contributed by atoms with Crippen molar-refractivity contribution < 1.29 is 35.3 Å². The topological polar surface area (TPSA) is 89.5 Å². The number of benzene rings is 6. The van der Waals surface area contributed by atoms with Gasteiger partial charge in [-0.15, -0.1) is 0 Å². The Morgan fingerprint density at radius 3 is 0.792 bits per heavy atom. The molecule has 72 heavy (non-hydrogen) atoms. The van der Waals surface area contributed by atoms with E-state index in [2.05, 4.69) is 163 Å². The van der Waals surface area contributed by atoms with Crippen LogP contribution < -0.4 is 18.5 Å². The molecule has 0 aliphatic rings. The number of rotatable bonds is 7. The molecule has 8 nitrogen and oxygen atoms in total. The van der Waals surface area contributed by atoms with Gasteiger partial charge in [-0.25, -0.2) is 0 Å². The van der Waals surface area contributed by atoms with Gasteiger partial charge in [0.15, 0.2) is 0 Å². The lowest BCUT2D eigenvalue weighted by atomic mass is 9.81. The van der Waals surface area contributed by atoms with Crippen molar-refractivity contribution in [2.75, 3.05) is 14.2 Å². The molecule has 0 atom stereocenters. The van der Waals surface area contributed by atoms with Crippen LogP contribution in [0.3, 0.4) is 0 Å². The first-order valence-corrected chi connectivity index (χ1v) is 27.3. The lowest BCUT2D eigenvalue weighted by Gasteiger charge is -2.23. The van der Waals surface area contributed by atoms with Gasteiger partial charge in [0, 0.05) is 54.9 Å². The Bertz CT molecular complexity index is 3150. The summed E-state index contributed by atoms with van der Waals surface area (Å²) < 4.78 is 55.2. The Balaban J connectivity index is 1.45. The maximum absolute atomic E-state index is 7.23. The van der Waals surface area contributed by atoms with E-state index in [-0.39, 0.29) is 21.7 Å². The molecule has 0 radical (unpaired) electrons. The molecule has 0 aliphatic heterocycles. The molecule has 6 aromatic carbocycles. The number of hydrogen-bond acceptors (Lipinski definition) is 8. The summed E-state index contributed by atoms with van der Waals surface area (Å²) >= 11 is 0. The van der Waals surface area contributed by atoms with Gasteiger partial charge in [-0.2, -0.15) is 0 Å². The fraction of sp³-hybridized carbons (Fsp3) is 0.419. The lowest BCUT2D eigenvalue weighted by molar-refractivity contribution is 0.413. The summed E-state index contributed by atoms with van der Waals surface area (Å²) in [7, 11) is -0.956. The molecule has 0 aliphatic carbocycles. The Hall–Kier alpha value is -5.68. The SMILES string of the molecule is COc1ccc(Op2oc3c(C(C)(C)C)cc(C)c(C)c3c3c(C)c(C)cc(C(C)(C)C)c3o2)c(-c2cc(OC)ccc2Op2oc3c(C(C)(C)C)cc(C)c(C)c3c3c(C)c(C)cc(C(C)(C)C)c3o2)c1. The molecule has 2 heterocycles. The second kappa shape index (κ2) is 18.7. The molecule has 0 N–H and O–H groups in total. The Morgan fingerprint density at radius 2 is 0.583 bits per heavy atom. The van der Waals surface area contributed by atoms with Gasteiger partial charge >= 0.3 is 16.5 Å². The predicted molar refractivity (Wildman–Crippen MR) is 302 cm³/mol. The monoisotopic (exact) mass is 1010 g/mol. The fourth-order valence-corrected chi connectivity index (χ4v) is 12.0. The highest BCUT2D eigenvalue weighted by molar-refractivity contribution is 7.32. The number of hydrogen-bond donors (Lipinski definition) is 0. The highest BCUT2D eigenvalue weighted by Gasteiger charge is 2.31. The van der Waals surface area contributed by atoms with Gasteiger partial charge in [0.1, 0.15) is 45.3 Å². The number of fused-ring (bicyclic) bond motifs is 6. The van der Waals surface area contributed by atoms with Crippen LogP contribution in [0.25, 0.3) is 55.0 Å². The van der Waals surface area contributed by atoms with Gasteiger partial charge in [0.25, 0.3) is 0 Å². The van der Waals surface area contributed by atoms with Crippen LogP contribution in [0.5, 0.6) is 23.0 Å². The van der Waals surface area contributed by atoms with E-state index in [1.807, 2.05) is 36.4 Å². The molecular weight excluding hydrogens is 935 g/mol. The van der Waals surface area contributed by atoms with E-state index < -0.39 is 16.5 Å². The first-order valence-electron chi connectivity index (χ1n) is 25.1. The minimum absolute atomic E-state index is 0.266. The average molecular weight is 1010 g/mol. The van der Waals surface area contributed by atoms with E-state index in [1.54, 1.807) is 14.2 Å². The van der Waals surface area contributed by atoms with Crippen molar-refractivity contribution in [3.8, 4) is 34.1 Å². The molecule has 0 amide bonds. The second-order valence-electron chi connectivity index (χ2n) is 24.0. The van der Waals surface area contributed by atoms with E-state index >= 15 is 0 Å². The zero-order chi connectivity index (χ0) is 52.9. The third-order valence-electron chi connectivity index (χ3n) is 14.6. The largest absolute Gasteiger partial charge is 0.497 e. The molecule has 0 bridgehead atoms. The third kappa shape index (κ3) is 9.55. The zero-order valence-electron chi connectivity index (χ0n) is 46.9. The van der Waals surface area contributed by atoms with Crippen molar-refractivity contribution >= 4 is 60.4 Å². The van der Waals surface area contributed by atoms with Crippen LogP contribution in [-0.2, 0) is 21.7 Å². The van der Waals surface area contributed by atoms with Gasteiger partial charge in [-0.05, 0) is 158 Å². The molecule has 382 valence electrons. The Labute approximate surface area is 429 Å². The van der Waals surface area contributed by atoms with Crippen LogP contribution in [0, 0.1) is 55.4 Å². The standard InChI is InChI=1S/C62H76O8P2/c1-33-27-45(59(9,10)11)55-51(37(33)5)52-38(6)34(2)28-46(60(12,13)14)56(52)68-71(67-55)65-49-25-23-41(63-21)31-43(49)44-32-42(64-22)24-26-50(44)66-72-69-57-47(61(15,16)17)29-35(3)39(7)53(57)54-40(8)36(4)30-48(58(54)70-72)62(18,19)20/h23-32H,1-22H3. The molecule has 0 spiro atoms. The normalized spacial score (nSPS) is 12.6. The third-order valence-corrected chi connectivity index (χ3v) is 16.6. The first-order chi connectivity index (χ1) is 33.4. The summed E-state index contributed by atoms with van der Waals surface area (Å²) in [5.74, 6) is 2.24. The predicted octanol–water partition coefficient (Wildman–Crippen LogP) is 19.9. The van der Waals surface area contributed by atoms with Crippen LogP contribution in [0.15, 0.2) is 77.5 Å². The Kier molecular flexibility index (Phi) is 13.6. The highest BCUT2D eigenvalue weighted by Crippen LogP contribution is 2.52. The summed E-state index contributed by atoms with van der Waals surface area (Å²) in [6.45, 7) is 44.2. The molecule has 8 rings (SSSR count). The summed E-state index contributed by atoms with van der Waals surface area (Å²) in [5.41, 5.74) is 17.0. The van der Waals surface area contributed by atoms with Crippen LogP contribution in [0.2, 0.25) is 0 Å². The zero-order valence-corrected chi connectivity index (χ0v) is 48.7. The smallest absolute Gasteiger partial charge is 0.453 e. The maximum Gasteiger partial charge on any atom is 0.453 e.